The first kappa shape index (κ1) is 26.5. The molecular formula is C27H29N7O6S. The lowest BCUT2D eigenvalue weighted by Crippen LogP contribution is -2.16. The maximum absolute atomic E-state index is 13.7. The number of hydrogen-bond acceptors (Lipinski definition) is 10. The van der Waals surface area contributed by atoms with Gasteiger partial charge in [-0.05, 0) is 36.6 Å². The molecule has 1 aliphatic carbocycles. The first-order valence-corrected chi connectivity index (χ1v) is 14.3. The van der Waals surface area contributed by atoms with Crippen LogP contribution in [0.1, 0.15) is 25.0 Å². The average molecular weight is 580 g/mol. The Bertz CT molecular complexity index is 1830. The summed E-state index contributed by atoms with van der Waals surface area (Å²) >= 11 is 0. The van der Waals surface area contributed by atoms with Crippen LogP contribution in [0.4, 0.5) is 17.3 Å². The van der Waals surface area contributed by atoms with Gasteiger partial charge >= 0.3 is 0 Å². The van der Waals surface area contributed by atoms with Crippen molar-refractivity contribution < 1.29 is 27.2 Å². The minimum atomic E-state index is -4.25. The molecule has 3 N–H and O–H groups in total. The summed E-state index contributed by atoms with van der Waals surface area (Å²) in [5, 5.41) is 19.4. The van der Waals surface area contributed by atoms with Crippen molar-refractivity contribution >= 4 is 38.3 Å². The van der Waals surface area contributed by atoms with Crippen LogP contribution in [-0.2, 0) is 17.1 Å². The summed E-state index contributed by atoms with van der Waals surface area (Å²) in [6.07, 6.45) is 2.92. The number of rotatable bonds is 10. The fraction of sp³-hybridized carbons (Fsp3) is 0.296. The number of hydrogen-bond donors (Lipinski definition) is 3. The quantitative estimate of drug-likeness (QED) is 0.213. The summed E-state index contributed by atoms with van der Waals surface area (Å²) in [5.74, 6) is 2.35. The smallest absolute Gasteiger partial charge is 0.270 e. The van der Waals surface area contributed by atoms with E-state index in [0.717, 1.165) is 12.1 Å². The third kappa shape index (κ3) is 4.90. The molecule has 0 radical (unpaired) electrons. The Labute approximate surface area is 235 Å². The number of nitrogens with one attached hydrogen (secondary N) is 3. The third-order valence-electron chi connectivity index (χ3n) is 7.13. The molecule has 3 heterocycles. The number of benzene rings is 2. The molecule has 5 aromatic rings. The van der Waals surface area contributed by atoms with Crippen LogP contribution in [0.3, 0.4) is 0 Å². The highest BCUT2D eigenvalue weighted by Crippen LogP contribution is 2.47. The van der Waals surface area contributed by atoms with Crippen molar-refractivity contribution in [2.45, 2.75) is 24.2 Å². The number of aromatic amines is 1. The van der Waals surface area contributed by atoms with Crippen LogP contribution < -0.4 is 24.2 Å². The Balaban J connectivity index is 1.32. The second kappa shape index (κ2) is 10.0. The fourth-order valence-corrected chi connectivity index (χ4v) is 6.15. The lowest BCUT2D eigenvalue weighted by atomic mass is 10.1. The van der Waals surface area contributed by atoms with E-state index in [2.05, 4.69) is 37.4 Å². The number of nitrogens with zero attached hydrogens (tertiary/aromatic N) is 4. The molecule has 2 unspecified atom stereocenters. The number of fused-ring (bicyclic) bond motifs is 1. The number of H-pyrrole nitrogens is 1. The Kier molecular flexibility index (Phi) is 6.49. The molecule has 1 saturated carbocycles. The van der Waals surface area contributed by atoms with Crippen LogP contribution in [0.5, 0.6) is 17.2 Å². The lowest BCUT2D eigenvalue weighted by molar-refractivity contribution is 0.374. The lowest BCUT2D eigenvalue weighted by Gasteiger charge is -2.15. The standard InChI is InChI=1S/C27H29N7O6S/c1-14-8-16(14)19-13-25(30-29-19)28-20-12-21-17(11-22(20)37-3)27(32-40-21)33-41(35,36)26-23(38-4)9-15(10-24(26)39-5)18-6-7-34(2)31-18/h6-7,9-14,16H,8H2,1-5H3,(H,32,33)(H2,28,29,30). The molecule has 0 aliphatic heterocycles. The van der Waals surface area contributed by atoms with Crippen molar-refractivity contribution in [2.24, 2.45) is 13.0 Å². The van der Waals surface area contributed by atoms with Gasteiger partial charge in [0.15, 0.2) is 22.1 Å². The zero-order chi connectivity index (χ0) is 28.9. The summed E-state index contributed by atoms with van der Waals surface area (Å²) in [4.78, 5) is -0.192. The highest BCUT2D eigenvalue weighted by Gasteiger charge is 2.35. The van der Waals surface area contributed by atoms with Gasteiger partial charge in [-0.3, -0.25) is 14.5 Å². The number of sulfonamides is 1. The van der Waals surface area contributed by atoms with E-state index in [9.17, 15) is 8.42 Å². The predicted molar refractivity (Wildman–Crippen MR) is 152 cm³/mol. The van der Waals surface area contributed by atoms with Crippen LogP contribution in [0.15, 0.2) is 52.0 Å². The average Bonchev–Trinajstić information content (AvgIpc) is 3.30. The van der Waals surface area contributed by atoms with Gasteiger partial charge in [-0.15, -0.1) is 0 Å². The van der Waals surface area contributed by atoms with Crippen LogP contribution in [0, 0.1) is 5.92 Å². The van der Waals surface area contributed by atoms with Gasteiger partial charge < -0.3 is 24.1 Å². The van der Waals surface area contributed by atoms with Crippen LogP contribution in [0.25, 0.3) is 22.2 Å². The second-order valence-corrected chi connectivity index (χ2v) is 11.5. The highest BCUT2D eigenvalue weighted by atomic mass is 32.2. The molecule has 41 heavy (non-hydrogen) atoms. The van der Waals surface area contributed by atoms with E-state index in [1.165, 1.54) is 21.3 Å². The number of methoxy groups -OCH3 is 3. The molecular weight excluding hydrogens is 550 g/mol. The van der Waals surface area contributed by atoms with Crippen molar-refractivity contribution in [3.8, 4) is 28.5 Å². The van der Waals surface area contributed by atoms with E-state index in [4.69, 9.17) is 18.7 Å². The molecule has 14 heteroatoms. The fourth-order valence-electron chi connectivity index (χ4n) is 4.83. The maximum Gasteiger partial charge on any atom is 0.270 e. The largest absolute Gasteiger partial charge is 0.495 e. The Morgan fingerprint density at radius 3 is 2.37 bits per heavy atom. The first-order valence-electron chi connectivity index (χ1n) is 12.8. The van der Waals surface area contributed by atoms with E-state index in [-0.39, 0.29) is 22.2 Å². The van der Waals surface area contributed by atoms with Crippen LogP contribution in [0.2, 0.25) is 0 Å². The van der Waals surface area contributed by atoms with E-state index in [1.54, 1.807) is 48.3 Å². The van der Waals surface area contributed by atoms with Gasteiger partial charge in [-0.2, -0.15) is 10.2 Å². The predicted octanol–water partition coefficient (Wildman–Crippen LogP) is 4.65. The van der Waals surface area contributed by atoms with Crippen LogP contribution >= 0.6 is 0 Å². The molecule has 3 aromatic heterocycles. The Morgan fingerprint density at radius 1 is 1.05 bits per heavy atom. The molecule has 2 atom stereocenters. The van der Waals surface area contributed by atoms with Crippen molar-refractivity contribution in [1.82, 2.24) is 25.1 Å². The highest BCUT2D eigenvalue weighted by molar-refractivity contribution is 7.93. The number of aromatic nitrogens is 5. The zero-order valence-electron chi connectivity index (χ0n) is 23.0. The monoisotopic (exact) mass is 579 g/mol. The molecule has 214 valence electrons. The molecule has 6 rings (SSSR count). The molecule has 13 nitrogen and oxygen atoms in total. The van der Waals surface area contributed by atoms with Gasteiger partial charge in [0, 0.05) is 42.6 Å². The molecule has 0 saturated heterocycles. The van der Waals surface area contributed by atoms with Crippen molar-refractivity contribution in [3.05, 3.63) is 48.3 Å². The zero-order valence-corrected chi connectivity index (χ0v) is 23.9. The van der Waals surface area contributed by atoms with Gasteiger partial charge in [0.1, 0.15) is 17.2 Å². The van der Waals surface area contributed by atoms with Crippen molar-refractivity contribution in [2.75, 3.05) is 31.4 Å². The van der Waals surface area contributed by atoms with Gasteiger partial charge in [-0.1, -0.05) is 12.1 Å². The summed E-state index contributed by atoms with van der Waals surface area (Å²) in [6, 6.07) is 10.3. The number of aryl methyl sites for hydroxylation is 1. The molecule has 1 fully saturated rings. The molecule has 0 spiro atoms. The van der Waals surface area contributed by atoms with E-state index >= 15 is 0 Å². The van der Waals surface area contributed by atoms with E-state index < -0.39 is 10.0 Å². The third-order valence-corrected chi connectivity index (χ3v) is 8.53. The Morgan fingerprint density at radius 2 is 1.76 bits per heavy atom. The minimum absolute atomic E-state index is 0.0208. The molecule has 0 amide bonds. The molecule has 1 aliphatic rings. The Hall–Kier alpha value is -4.72. The second-order valence-electron chi connectivity index (χ2n) is 9.92. The normalized spacial score (nSPS) is 16.5. The van der Waals surface area contributed by atoms with E-state index in [0.29, 0.717) is 51.3 Å². The number of ether oxygens (including phenoxy) is 3. The van der Waals surface area contributed by atoms with Gasteiger partial charge in [0.2, 0.25) is 0 Å². The first-order chi connectivity index (χ1) is 19.7. The summed E-state index contributed by atoms with van der Waals surface area (Å²) < 4.78 is 53.5. The van der Waals surface area contributed by atoms with E-state index in [1.807, 2.05) is 6.07 Å². The number of anilines is 3. The summed E-state index contributed by atoms with van der Waals surface area (Å²) in [7, 11) is 1.82. The van der Waals surface area contributed by atoms with Gasteiger partial charge in [0.25, 0.3) is 10.0 Å². The molecule has 2 aromatic carbocycles. The minimum Gasteiger partial charge on any atom is -0.495 e. The summed E-state index contributed by atoms with van der Waals surface area (Å²) in [6.45, 7) is 2.20. The van der Waals surface area contributed by atoms with Gasteiger partial charge in [-0.25, -0.2) is 8.42 Å². The topological polar surface area (TPSA) is 158 Å². The summed E-state index contributed by atoms with van der Waals surface area (Å²) in [5.41, 5.74) is 3.26. The van der Waals surface area contributed by atoms with Crippen molar-refractivity contribution in [1.29, 1.82) is 0 Å². The SMILES string of the molecule is COc1cc2c(NS(=O)(=O)c3c(OC)cc(-c4ccn(C)n4)cc3OC)noc2cc1Nc1cc(C2CC2C)[nH]n1. The molecule has 0 bridgehead atoms. The van der Waals surface area contributed by atoms with Crippen LogP contribution in [-0.4, -0.2) is 54.9 Å². The maximum atomic E-state index is 13.7. The van der Waals surface area contributed by atoms with Crippen molar-refractivity contribution in [3.63, 3.8) is 0 Å². The van der Waals surface area contributed by atoms with Gasteiger partial charge in [0.05, 0.1) is 38.1 Å².